The van der Waals surface area contributed by atoms with Crippen LogP contribution in [0.25, 0.3) is 22.5 Å². The molecule has 1 aromatic heterocycles. The number of nitrogens with zero attached hydrogens (tertiary/aromatic N) is 1. The molecule has 208 valence electrons. The third-order valence-corrected chi connectivity index (χ3v) is 6.88. The number of aromatic nitrogens is 2. The van der Waals surface area contributed by atoms with Gasteiger partial charge in [-0.15, -0.1) is 0 Å². The predicted molar refractivity (Wildman–Crippen MR) is 157 cm³/mol. The van der Waals surface area contributed by atoms with Crippen molar-refractivity contribution in [2.45, 2.75) is 18.5 Å². The second-order valence-electron chi connectivity index (χ2n) is 8.60. The monoisotopic (exact) mass is 560 g/mol. The van der Waals surface area contributed by atoms with E-state index in [2.05, 4.69) is 15.6 Å². The highest BCUT2D eigenvalue weighted by molar-refractivity contribution is 7.99. The van der Waals surface area contributed by atoms with Crippen LogP contribution in [0.15, 0.2) is 78.0 Å². The maximum Gasteiger partial charge on any atom is 0.338 e. The second kappa shape index (κ2) is 14.1. The van der Waals surface area contributed by atoms with Crippen LogP contribution in [-0.2, 0) is 4.74 Å². The van der Waals surface area contributed by atoms with Crippen molar-refractivity contribution in [3.63, 3.8) is 0 Å². The summed E-state index contributed by atoms with van der Waals surface area (Å²) in [5.41, 5.74) is 4.77. The molecule has 9 nitrogen and oxygen atoms in total. The Balaban J connectivity index is 1.32. The smallest absolute Gasteiger partial charge is 0.338 e. The Morgan fingerprint density at radius 1 is 0.875 bits per heavy atom. The van der Waals surface area contributed by atoms with Crippen LogP contribution >= 0.6 is 11.8 Å². The topological polar surface area (TPSA) is 115 Å². The highest BCUT2D eigenvalue weighted by atomic mass is 32.2. The number of ether oxygens (including phenoxy) is 3. The van der Waals surface area contributed by atoms with Gasteiger partial charge in [0.2, 0.25) is 0 Å². The van der Waals surface area contributed by atoms with Gasteiger partial charge in [0.25, 0.3) is 0 Å². The number of nitrogens with one attached hydrogen (secondary N) is 3. The molecule has 0 fully saturated rings. The number of rotatable bonds is 12. The molecule has 0 radical (unpaired) electrons. The molecule has 0 unspecified atom stereocenters. The molecule has 4 aromatic rings. The van der Waals surface area contributed by atoms with Gasteiger partial charge in [0.1, 0.15) is 11.5 Å². The number of methoxy groups -OCH3 is 2. The maximum absolute atomic E-state index is 12.3. The quantitative estimate of drug-likeness (QED) is 0.107. The molecule has 40 heavy (non-hydrogen) atoms. The van der Waals surface area contributed by atoms with E-state index in [4.69, 9.17) is 19.2 Å². The number of carbonyl (C=O) groups is 2. The third-order valence-electron chi connectivity index (χ3n) is 5.92. The number of esters is 1. The van der Waals surface area contributed by atoms with E-state index < -0.39 is 0 Å². The average molecular weight is 561 g/mol. The summed E-state index contributed by atoms with van der Waals surface area (Å²) in [6.07, 6.45) is 0.746. The highest BCUT2D eigenvalue weighted by Crippen LogP contribution is 2.34. The van der Waals surface area contributed by atoms with Crippen molar-refractivity contribution in [2.24, 2.45) is 0 Å². The van der Waals surface area contributed by atoms with Crippen LogP contribution in [0.1, 0.15) is 23.7 Å². The minimum atomic E-state index is -0.389. The van der Waals surface area contributed by atoms with Gasteiger partial charge in [-0.25, -0.2) is 14.6 Å². The van der Waals surface area contributed by atoms with Crippen molar-refractivity contribution < 1.29 is 23.8 Å². The van der Waals surface area contributed by atoms with E-state index in [0.717, 1.165) is 51.3 Å². The molecule has 0 spiro atoms. The lowest BCUT2D eigenvalue weighted by molar-refractivity contribution is 0.0526. The van der Waals surface area contributed by atoms with Crippen molar-refractivity contribution >= 4 is 29.4 Å². The van der Waals surface area contributed by atoms with Crippen LogP contribution in [0.5, 0.6) is 11.5 Å². The summed E-state index contributed by atoms with van der Waals surface area (Å²) in [7, 11) is 3.29. The molecule has 0 aliphatic rings. The Kier molecular flexibility index (Phi) is 10.1. The van der Waals surface area contributed by atoms with E-state index >= 15 is 0 Å². The molecule has 4 rings (SSSR count). The van der Waals surface area contributed by atoms with Gasteiger partial charge in [0.15, 0.2) is 5.16 Å². The van der Waals surface area contributed by atoms with Gasteiger partial charge in [-0.1, -0.05) is 11.8 Å². The molecule has 1 heterocycles. The zero-order valence-corrected chi connectivity index (χ0v) is 23.5. The fraction of sp³-hybridized carbons (Fsp3) is 0.233. The second-order valence-corrected chi connectivity index (χ2v) is 9.69. The van der Waals surface area contributed by atoms with Gasteiger partial charge in [0, 0.05) is 29.1 Å². The number of H-pyrrole nitrogens is 1. The number of carbonyl (C=O) groups excluding carboxylic acids is 2. The molecule has 0 aliphatic heterocycles. The Bertz CT molecular complexity index is 1340. The van der Waals surface area contributed by atoms with Crippen LogP contribution in [0.4, 0.5) is 10.5 Å². The van der Waals surface area contributed by atoms with Gasteiger partial charge in [0.05, 0.1) is 37.8 Å². The number of amides is 2. The number of hydrogen-bond acceptors (Lipinski definition) is 7. The SMILES string of the molecule is CCOC(=O)c1ccc(NC(=O)NCCCSc2nc(-c3ccc(OC)cc3)c(-c3ccc(OC)cc3)[nH]2)cc1. The normalized spacial score (nSPS) is 10.6. The summed E-state index contributed by atoms with van der Waals surface area (Å²) >= 11 is 1.59. The summed E-state index contributed by atoms with van der Waals surface area (Å²) in [5.74, 6) is 1.94. The van der Waals surface area contributed by atoms with Gasteiger partial charge < -0.3 is 29.8 Å². The molecular formula is C30H32N4O5S. The summed E-state index contributed by atoms with van der Waals surface area (Å²) in [6, 6.07) is 21.9. The third kappa shape index (κ3) is 7.57. The van der Waals surface area contributed by atoms with Crippen LogP contribution in [-0.4, -0.2) is 55.1 Å². The average Bonchev–Trinajstić information content (AvgIpc) is 3.41. The Morgan fingerprint density at radius 3 is 2.10 bits per heavy atom. The summed E-state index contributed by atoms with van der Waals surface area (Å²) in [6.45, 7) is 2.56. The molecular weight excluding hydrogens is 528 g/mol. The summed E-state index contributed by atoms with van der Waals surface area (Å²) < 4.78 is 15.6. The lowest BCUT2D eigenvalue weighted by Crippen LogP contribution is -2.29. The molecule has 0 atom stereocenters. The Morgan fingerprint density at radius 2 is 1.50 bits per heavy atom. The van der Waals surface area contributed by atoms with Crippen molar-refractivity contribution in [2.75, 3.05) is 38.4 Å². The summed E-state index contributed by atoms with van der Waals surface area (Å²) in [4.78, 5) is 32.4. The van der Waals surface area contributed by atoms with E-state index in [1.165, 1.54) is 0 Å². The first-order valence-corrected chi connectivity index (χ1v) is 13.8. The number of anilines is 1. The molecule has 10 heteroatoms. The van der Waals surface area contributed by atoms with E-state index in [0.29, 0.717) is 24.4 Å². The predicted octanol–water partition coefficient (Wildman–Crippen LogP) is 6.24. The standard InChI is InChI=1S/C30H32N4O5S/c1-4-39-28(35)22-6-12-23(13-7-22)32-29(36)31-18-5-19-40-30-33-26(20-8-14-24(37-2)15-9-20)27(34-30)21-10-16-25(38-3)17-11-21/h6-17H,4-5,18-19H2,1-3H3,(H,33,34)(H2,31,32,36). The zero-order chi connectivity index (χ0) is 28.3. The number of thioether (sulfide) groups is 1. The number of benzene rings is 3. The molecule has 3 aromatic carbocycles. The van der Waals surface area contributed by atoms with Gasteiger partial charge >= 0.3 is 12.0 Å². The number of aromatic amines is 1. The lowest BCUT2D eigenvalue weighted by Gasteiger charge is -2.08. The largest absolute Gasteiger partial charge is 0.497 e. The fourth-order valence-electron chi connectivity index (χ4n) is 3.87. The Labute approximate surface area is 237 Å². The number of urea groups is 1. The first-order valence-electron chi connectivity index (χ1n) is 12.8. The van der Waals surface area contributed by atoms with Crippen molar-refractivity contribution in [3.05, 3.63) is 78.4 Å². The molecule has 3 N–H and O–H groups in total. The molecule has 0 bridgehead atoms. The molecule has 0 saturated heterocycles. The molecule has 2 amide bonds. The maximum atomic E-state index is 12.3. The first-order chi connectivity index (χ1) is 19.5. The van der Waals surface area contributed by atoms with Crippen LogP contribution in [0.2, 0.25) is 0 Å². The van der Waals surface area contributed by atoms with Crippen LogP contribution in [0, 0.1) is 0 Å². The number of imidazole rings is 1. The first kappa shape index (κ1) is 28.6. The minimum absolute atomic E-state index is 0.310. The van der Waals surface area contributed by atoms with E-state index in [1.807, 2.05) is 48.5 Å². The van der Waals surface area contributed by atoms with Crippen LogP contribution < -0.4 is 20.1 Å². The van der Waals surface area contributed by atoms with Crippen LogP contribution in [0.3, 0.4) is 0 Å². The lowest BCUT2D eigenvalue weighted by atomic mass is 10.0. The minimum Gasteiger partial charge on any atom is -0.497 e. The van der Waals surface area contributed by atoms with E-state index in [9.17, 15) is 9.59 Å². The van der Waals surface area contributed by atoms with E-state index in [-0.39, 0.29) is 12.0 Å². The molecule has 0 saturated carbocycles. The van der Waals surface area contributed by atoms with Gasteiger partial charge in [-0.2, -0.15) is 0 Å². The zero-order valence-electron chi connectivity index (χ0n) is 22.7. The Hall–Kier alpha value is -4.44. The summed E-state index contributed by atoms with van der Waals surface area (Å²) in [5, 5.41) is 6.42. The van der Waals surface area contributed by atoms with Gasteiger partial charge in [-0.3, -0.25) is 0 Å². The van der Waals surface area contributed by atoms with Crippen molar-refractivity contribution in [1.29, 1.82) is 0 Å². The molecule has 0 aliphatic carbocycles. The van der Waals surface area contributed by atoms with Crippen molar-refractivity contribution in [1.82, 2.24) is 15.3 Å². The number of hydrogen-bond donors (Lipinski definition) is 3. The van der Waals surface area contributed by atoms with E-state index in [1.54, 1.807) is 57.2 Å². The highest BCUT2D eigenvalue weighted by Gasteiger charge is 2.15. The van der Waals surface area contributed by atoms with Crippen molar-refractivity contribution in [3.8, 4) is 34.0 Å². The van der Waals surface area contributed by atoms with Gasteiger partial charge in [-0.05, 0) is 86.1 Å². The fourth-order valence-corrected chi connectivity index (χ4v) is 4.68.